The summed E-state index contributed by atoms with van der Waals surface area (Å²) in [4.78, 5) is 27.2. The molecular weight excluding hydrogens is 422 g/mol. The van der Waals surface area contributed by atoms with Gasteiger partial charge in [0.25, 0.3) is 5.56 Å². The van der Waals surface area contributed by atoms with Gasteiger partial charge in [-0.2, -0.15) is 5.10 Å². The number of aryl methyl sites for hydroxylation is 2. The Hall–Kier alpha value is -3.39. The van der Waals surface area contributed by atoms with Gasteiger partial charge < -0.3 is 4.90 Å². The number of nitrogens with one attached hydrogen (secondary N) is 1. The van der Waals surface area contributed by atoms with Crippen LogP contribution in [0.3, 0.4) is 0 Å². The molecule has 1 N–H and O–H groups in total. The standard InChI is InChI=1S/C24H23N5O2S/c1-2-16-9-11-17(12-10-16)19-14-21-23(31)25-26-24(29(21)27-19)32-15-22(30)28-13-5-7-18-6-3-4-8-20(18)28/h3-4,6,8-12,14H,2,5,7,13,15H2,1H3,(H,25,31). The number of rotatable bonds is 5. The zero-order chi connectivity index (χ0) is 22.1. The quantitative estimate of drug-likeness (QED) is 0.474. The predicted molar refractivity (Wildman–Crippen MR) is 126 cm³/mol. The zero-order valence-corrected chi connectivity index (χ0v) is 18.6. The highest BCUT2D eigenvalue weighted by molar-refractivity contribution is 7.99. The summed E-state index contributed by atoms with van der Waals surface area (Å²) in [5.41, 5.74) is 5.16. The maximum absolute atomic E-state index is 13.0. The van der Waals surface area contributed by atoms with Crippen LogP contribution in [0.2, 0.25) is 0 Å². The number of hydrogen-bond acceptors (Lipinski definition) is 5. The lowest BCUT2D eigenvalue weighted by molar-refractivity contribution is -0.116. The first kappa shape index (κ1) is 20.5. The van der Waals surface area contributed by atoms with Crippen LogP contribution in [-0.4, -0.2) is 38.0 Å². The third kappa shape index (κ3) is 3.82. The summed E-state index contributed by atoms with van der Waals surface area (Å²) in [5, 5.41) is 11.8. The molecule has 0 aliphatic carbocycles. The Balaban J connectivity index is 1.40. The molecule has 2 aromatic heterocycles. The monoisotopic (exact) mass is 445 g/mol. The third-order valence-corrected chi connectivity index (χ3v) is 6.68. The molecule has 0 bridgehead atoms. The van der Waals surface area contributed by atoms with E-state index in [4.69, 9.17) is 0 Å². The van der Waals surface area contributed by atoms with Crippen LogP contribution in [0.25, 0.3) is 16.8 Å². The predicted octanol–water partition coefficient (Wildman–Crippen LogP) is 3.72. The first-order valence-electron chi connectivity index (χ1n) is 10.7. The van der Waals surface area contributed by atoms with Crippen molar-refractivity contribution in [3.05, 3.63) is 76.1 Å². The zero-order valence-electron chi connectivity index (χ0n) is 17.7. The van der Waals surface area contributed by atoms with Gasteiger partial charge in [0, 0.05) is 17.8 Å². The minimum Gasteiger partial charge on any atom is -0.311 e. The fourth-order valence-corrected chi connectivity index (χ4v) is 4.81. The molecule has 0 unspecified atom stereocenters. The van der Waals surface area contributed by atoms with Crippen LogP contribution in [0.1, 0.15) is 24.5 Å². The number of H-pyrrole nitrogens is 1. The third-order valence-electron chi connectivity index (χ3n) is 5.77. The maximum atomic E-state index is 13.0. The summed E-state index contributed by atoms with van der Waals surface area (Å²) in [5.74, 6) is 0.230. The SMILES string of the molecule is CCc1ccc(-c2cc3c(=O)[nH]nc(SCC(=O)N4CCCc5ccccc54)n3n2)cc1. The number of carbonyl (C=O) groups is 1. The fraction of sp³-hybridized carbons (Fsp3) is 0.250. The van der Waals surface area contributed by atoms with E-state index < -0.39 is 0 Å². The highest BCUT2D eigenvalue weighted by atomic mass is 32.2. The van der Waals surface area contributed by atoms with E-state index in [0.29, 0.717) is 22.9 Å². The van der Waals surface area contributed by atoms with Crippen molar-refractivity contribution in [3.63, 3.8) is 0 Å². The van der Waals surface area contributed by atoms with Gasteiger partial charge in [0.2, 0.25) is 11.1 Å². The number of benzene rings is 2. The van der Waals surface area contributed by atoms with Gasteiger partial charge in [0.1, 0.15) is 5.52 Å². The van der Waals surface area contributed by atoms with E-state index in [1.165, 1.54) is 27.4 Å². The normalized spacial score (nSPS) is 13.3. The van der Waals surface area contributed by atoms with E-state index in [9.17, 15) is 9.59 Å². The first-order valence-corrected chi connectivity index (χ1v) is 11.7. The molecule has 1 aliphatic heterocycles. The molecule has 0 saturated heterocycles. The first-order chi connectivity index (χ1) is 15.6. The second kappa shape index (κ2) is 8.63. The molecule has 8 heteroatoms. The molecule has 0 fully saturated rings. The Morgan fingerprint density at radius 3 is 2.78 bits per heavy atom. The molecule has 0 radical (unpaired) electrons. The number of aromatic nitrogens is 4. The van der Waals surface area contributed by atoms with Crippen molar-refractivity contribution in [2.75, 3.05) is 17.2 Å². The topological polar surface area (TPSA) is 83.4 Å². The fourth-order valence-electron chi connectivity index (χ4n) is 4.03. The summed E-state index contributed by atoms with van der Waals surface area (Å²) < 4.78 is 1.53. The van der Waals surface area contributed by atoms with Crippen molar-refractivity contribution in [1.82, 2.24) is 19.8 Å². The lowest BCUT2D eigenvalue weighted by Crippen LogP contribution is -2.36. The number of amides is 1. The number of aromatic amines is 1. The second-order valence-electron chi connectivity index (χ2n) is 7.78. The van der Waals surface area contributed by atoms with E-state index in [2.05, 4.69) is 40.4 Å². The van der Waals surface area contributed by atoms with E-state index in [1.807, 2.05) is 35.2 Å². The van der Waals surface area contributed by atoms with Crippen molar-refractivity contribution < 1.29 is 4.79 Å². The maximum Gasteiger partial charge on any atom is 0.290 e. The average Bonchev–Trinajstić information content (AvgIpc) is 3.30. The van der Waals surface area contributed by atoms with Crippen LogP contribution >= 0.6 is 11.8 Å². The highest BCUT2D eigenvalue weighted by Gasteiger charge is 2.23. The van der Waals surface area contributed by atoms with Gasteiger partial charge in [-0.1, -0.05) is 61.2 Å². The largest absolute Gasteiger partial charge is 0.311 e. The second-order valence-corrected chi connectivity index (χ2v) is 8.72. The van der Waals surface area contributed by atoms with E-state index in [1.54, 1.807) is 6.07 Å². The molecule has 4 aromatic rings. The molecule has 1 aliphatic rings. The van der Waals surface area contributed by atoms with E-state index in [0.717, 1.165) is 30.5 Å². The molecule has 2 aromatic carbocycles. The van der Waals surface area contributed by atoms with Crippen LogP contribution < -0.4 is 10.5 Å². The van der Waals surface area contributed by atoms with E-state index >= 15 is 0 Å². The molecule has 7 nitrogen and oxygen atoms in total. The summed E-state index contributed by atoms with van der Waals surface area (Å²) in [6, 6.07) is 17.9. The van der Waals surface area contributed by atoms with Crippen molar-refractivity contribution in [2.45, 2.75) is 31.3 Å². The van der Waals surface area contributed by atoms with Gasteiger partial charge in [-0.15, -0.1) is 5.10 Å². The van der Waals surface area contributed by atoms with Crippen LogP contribution in [-0.2, 0) is 17.6 Å². The van der Waals surface area contributed by atoms with Crippen LogP contribution in [0.4, 0.5) is 5.69 Å². The van der Waals surface area contributed by atoms with Crippen molar-refractivity contribution in [1.29, 1.82) is 0 Å². The number of anilines is 1. The summed E-state index contributed by atoms with van der Waals surface area (Å²) >= 11 is 1.28. The molecule has 162 valence electrons. The minimum atomic E-state index is -0.311. The summed E-state index contributed by atoms with van der Waals surface area (Å²) in [6.45, 7) is 2.82. The lowest BCUT2D eigenvalue weighted by Gasteiger charge is -2.29. The molecule has 5 rings (SSSR count). The molecule has 1 amide bonds. The number of fused-ring (bicyclic) bond motifs is 2. The number of hydrogen-bond donors (Lipinski definition) is 1. The Kier molecular flexibility index (Phi) is 5.53. The average molecular weight is 446 g/mol. The Morgan fingerprint density at radius 1 is 1.16 bits per heavy atom. The van der Waals surface area contributed by atoms with Crippen molar-refractivity contribution >= 4 is 28.9 Å². The lowest BCUT2D eigenvalue weighted by atomic mass is 10.0. The Morgan fingerprint density at radius 2 is 1.97 bits per heavy atom. The highest BCUT2D eigenvalue weighted by Crippen LogP contribution is 2.28. The molecule has 0 spiro atoms. The number of para-hydroxylation sites is 1. The van der Waals surface area contributed by atoms with Gasteiger partial charge in [-0.3, -0.25) is 9.59 Å². The Labute approximate surface area is 189 Å². The van der Waals surface area contributed by atoms with Crippen LogP contribution in [0.15, 0.2) is 64.5 Å². The number of nitrogens with zero attached hydrogens (tertiary/aromatic N) is 4. The Bertz CT molecular complexity index is 1340. The van der Waals surface area contributed by atoms with Gasteiger partial charge in [-0.05, 0) is 42.5 Å². The van der Waals surface area contributed by atoms with Crippen molar-refractivity contribution in [2.24, 2.45) is 0 Å². The molecule has 32 heavy (non-hydrogen) atoms. The molecule has 0 saturated carbocycles. The number of carbonyl (C=O) groups excluding carboxylic acids is 1. The smallest absolute Gasteiger partial charge is 0.290 e. The summed E-state index contributed by atoms with van der Waals surface area (Å²) in [7, 11) is 0. The minimum absolute atomic E-state index is 0.0193. The summed E-state index contributed by atoms with van der Waals surface area (Å²) in [6.07, 6.45) is 2.91. The molecule has 0 atom stereocenters. The van der Waals surface area contributed by atoms with Crippen LogP contribution in [0, 0.1) is 0 Å². The van der Waals surface area contributed by atoms with Crippen molar-refractivity contribution in [3.8, 4) is 11.3 Å². The van der Waals surface area contributed by atoms with Crippen LogP contribution in [0.5, 0.6) is 0 Å². The number of thioether (sulfide) groups is 1. The van der Waals surface area contributed by atoms with Gasteiger partial charge in [-0.25, -0.2) is 9.61 Å². The molecule has 3 heterocycles. The van der Waals surface area contributed by atoms with Gasteiger partial charge >= 0.3 is 0 Å². The van der Waals surface area contributed by atoms with Gasteiger partial charge in [0.15, 0.2) is 0 Å². The van der Waals surface area contributed by atoms with Gasteiger partial charge in [0.05, 0.1) is 11.4 Å². The molecular formula is C24H23N5O2S. The van der Waals surface area contributed by atoms with E-state index in [-0.39, 0.29) is 17.2 Å².